The highest BCUT2D eigenvalue weighted by Crippen LogP contribution is 1.95. The van der Waals surface area contributed by atoms with Gasteiger partial charge >= 0.3 is 5.97 Å². The highest BCUT2D eigenvalue weighted by molar-refractivity contribution is 5.80. The molecule has 0 aromatic rings. The smallest absolute Gasteiger partial charge is 0.307 e. The number of hydrogen-bond donors (Lipinski definition) is 2. The summed E-state index contributed by atoms with van der Waals surface area (Å²) in [5.41, 5.74) is 5.29. The lowest BCUT2D eigenvalue weighted by molar-refractivity contribution is -0.308. The maximum absolute atomic E-state index is 11.1. The summed E-state index contributed by atoms with van der Waals surface area (Å²) < 4.78 is 4.66. The average Bonchev–Trinajstić information content (AvgIpc) is 2.22. The van der Waals surface area contributed by atoms with Crippen molar-refractivity contribution in [2.75, 3.05) is 19.7 Å². The van der Waals surface area contributed by atoms with Crippen LogP contribution in [-0.4, -0.2) is 37.7 Å². The van der Waals surface area contributed by atoms with Crippen LogP contribution in [0.1, 0.15) is 26.2 Å². The Morgan fingerprint density at radius 1 is 1.44 bits per heavy atom. The van der Waals surface area contributed by atoms with E-state index in [9.17, 15) is 14.7 Å². The summed E-state index contributed by atoms with van der Waals surface area (Å²) in [7, 11) is 0. The van der Waals surface area contributed by atoms with Gasteiger partial charge in [-0.15, -0.1) is 0 Å². The normalized spacial score (nSPS) is 12.1. The summed E-state index contributed by atoms with van der Waals surface area (Å²) in [4.78, 5) is 21.8. The third-order valence-corrected chi connectivity index (χ3v) is 1.98. The van der Waals surface area contributed by atoms with Crippen LogP contribution in [0.15, 0.2) is 0 Å². The molecule has 94 valence electrons. The minimum Gasteiger partial charge on any atom is -0.548 e. The average molecular weight is 231 g/mol. The van der Waals surface area contributed by atoms with Crippen LogP contribution in [0.4, 0.5) is 0 Å². The lowest BCUT2D eigenvalue weighted by atomic mass is 10.2. The SMILES string of the molecule is CCOC(=O)CC(NCCCCN)C(=O)[O-]. The largest absolute Gasteiger partial charge is 0.548 e. The predicted octanol–water partition coefficient (Wildman–Crippen LogP) is -1.61. The number of nitrogens with one attached hydrogen (secondary N) is 1. The molecule has 3 N–H and O–H groups in total. The van der Waals surface area contributed by atoms with Crippen molar-refractivity contribution in [1.29, 1.82) is 0 Å². The van der Waals surface area contributed by atoms with E-state index in [1.807, 2.05) is 0 Å². The van der Waals surface area contributed by atoms with E-state index in [4.69, 9.17) is 5.73 Å². The molecule has 0 saturated heterocycles. The van der Waals surface area contributed by atoms with Gasteiger partial charge in [0.05, 0.1) is 25.0 Å². The van der Waals surface area contributed by atoms with Crippen molar-refractivity contribution in [3.05, 3.63) is 0 Å². The highest BCUT2D eigenvalue weighted by atomic mass is 16.5. The van der Waals surface area contributed by atoms with Gasteiger partial charge in [-0.2, -0.15) is 0 Å². The Hall–Kier alpha value is -1.14. The van der Waals surface area contributed by atoms with Crippen LogP contribution in [0, 0.1) is 0 Å². The van der Waals surface area contributed by atoms with Crippen LogP contribution < -0.4 is 16.2 Å². The molecular weight excluding hydrogens is 212 g/mol. The molecule has 0 aromatic carbocycles. The molecule has 0 aliphatic carbocycles. The Morgan fingerprint density at radius 2 is 2.12 bits per heavy atom. The molecule has 0 aliphatic heterocycles. The molecule has 0 radical (unpaired) electrons. The number of unbranched alkanes of at least 4 members (excludes halogenated alkanes) is 1. The van der Waals surface area contributed by atoms with Crippen LogP contribution >= 0.6 is 0 Å². The maximum Gasteiger partial charge on any atom is 0.307 e. The van der Waals surface area contributed by atoms with Crippen molar-refractivity contribution < 1.29 is 19.4 Å². The number of carbonyl (C=O) groups is 2. The second-order valence-corrected chi connectivity index (χ2v) is 3.33. The van der Waals surface area contributed by atoms with Gasteiger partial charge in [0.1, 0.15) is 0 Å². The second-order valence-electron chi connectivity index (χ2n) is 3.33. The summed E-state index contributed by atoms with van der Waals surface area (Å²) in [6.45, 7) is 2.97. The van der Waals surface area contributed by atoms with Crippen LogP contribution in [0.2, 0.25) is 0 Å². The fourth-order valence-corrected chi connectivity index (χ4v) is 1.17. The Balaban J connectivity index is 3.88. The summed E-state index contributed by atoms with van der Waals surface area (Å²) in [6.07, 6.45) is 1.37. The Labute approximate surface area is 95.1 Å². The van der Waals surface area contributed by atoms with Gasteiger partial charge in [0, 0.05) is 0 Å². The van der Waals surface area contributed by atoms with Crippen molar-refractivity contribution in [3.63, 3.8) is 0 Å². The minimum atomic E-state index is -1.29. The molecule has 0 heterocycles. The first kappa shape index (κ1) is 14.9. The molecule has 0 fully saturated rings. The highest BCUT2D eigenvalue weighted by Gasteiger charge is 2.14. The number of nitrogens with two attached hydrogens (primary N) is 1. The Bertz CT molecular complexity index is 221. The van der Waals surface area contributed by atoms with Crippen molar-refractivity contribution in [2.45, 2.75) is 32.2 Å². The zero-order valence-corrected chi connectivity index (χ0v) is 9.53. The molecule has 0 rings (SSSR count). The van der Waals surface area contributed by atoms with Gasteiger partial charge in [-0.1, -0.05) is 0 Å². The van der Waals surface area contributed by atoms with Gasteiger partial charge in [-0.3, -0.25) is 4.79 Å². The number of hydrogen-bond acceptors (Lipinski definition) is 6. The topological polar surface area (TPSA) is 104 Å². The Morgan fingerprint density at radius 3 is 2.62 bits per heavy atom. The lowest BCUT2D eigenvalue weighted by Gasteiger charge is -2.18. The summed E-state index contributed by atoms with van der Waals surface area (Å²) in [6, 6.07) is -0.989. The molecule has 0 spiro atoms. The Kier molecular flexibility index (Phi) is 8.46. The van der Waals surface area contributed by atoms with Crippen molar-refractivity contribution in [2.24, 2.45) is 5.73 Å². The molecule has 6 nitrogen and oxygen atoms in total. The number of carbonyl (C=O) groups excluding carboxylic acids is 2. The fraction of sp³-hybridized carbons (Fsp3) is 0.800. The third kappa shape index (κ3) is 7.19. The van der Waals surface area contributed by atoms with Gasteiger partial charge in [0.25, 0.3) is 0 Å². The molecule has 6 heteroatoms. The van der Waals surface area contributed by atoms with Gasteiger partial charge in [-0.25, -0.2) is 0 Å². The van der Waals surface area contributed by atoms with E-state index in [2.05, 4.69) is 10.1 Å². The van der Waals surface area contributed by atoms with Gasteiger partial charge in [0.15, 0.2) is 0 Å². The van der Waals surface area contributed by atoms with Crippen LogP contribution in [0.3, 0.4) is 0 Å². The number of carboxylic acids is 1. The fourth-order valence-electron chi connectivity index (χ4n) is 1.17. The second kappa shape index (κ2) is 9.11. The predicted molar refractivity (Wildman–Crippen MR) is 56.3 cm³/mol. The molecule has 1 unspecified atom stereocenters. The van der Waals surface area contributed by atoms with E-state index in [1.165, 1.54) is 0 Å². The summed E-state index contributed by atoms with van der Waals surface area (Å²) in [5, 5.41) is 13.4. The standard InChI is InChI=1S/C10H20N2O4/c1-2-16-9(13)7-8(10(14)15)12-6-4-3-5-11/h8,12H,2-7,11H2,1H3,(H,14,15)/p-1. The van der Waals surface area contributed by atoms with Crippen molar-refractivity contribution in [1.82, 2.24) is 5.32 Å². The van der Waals surface area contributed by atoms with Crippen LogP contribution in [0.25, 0.3) is 0 Å². The molecule has 0 amide bonds. The molecule has 0 aromatic heterocycles. The summed E-state index contributed by atoms with van der Waals surface area (Å²) >= 11 is 0. The van der Waals surface area contributed by atoms with E-state index < -0.39 is 18.0 Å². The van der Waals surface area contributed by atoms with E-state index in [1.54, 1.807) is 6.92 Å². The third-order valence-electron chi connectivity index (χ3n) is 1.98. The van der Waals surface area contributed by atoms with Crippen LogP contribution in [0.5, 0.6) is 0 Å². The number of ether oxygens (including phenoxy) is 1. The number of carboxylic acid groups (broad SMARTS) is 1. The maximum atomic E-state index is 11.1. The summed E-state index contributed by atoms with van der Waals surface area (Å²) in [5.74, 6) is -1.83. The van der Waals surface area contributed by atoms with E-state index in [-0.39, 0.29) is 13.0 Å². The zero-order chi connectivity index (χ0) is 12.4. The van der Waals surface area contributed by atoms with Gasteiger partial charge in [0.2, 0.25) is 0 Å². The minimum absolute atomic E-state index is 0.210. The van der Waals surface area contributed by atoms with Crippen molar-refractivity contribution >= 4 is 11.9 Å². The zero-order valence-electron chi connectivity index (χ0n) is 9.53. The molecule has 0 saturated carbocycles. The first-order valence-electron chi connectivity index (χ1n) is 5.41. The number of aliphatic carboxylic acids is 1. The molecule has 0 aliphatic rings. The van der Waals surface area contributed by atoms with E-state index in [0.29, 0.717) is 13.1 Å². The molecule has 0 bridgehead atoms. The van der Waals surface area contributed by atoms with Crippen molar-refractivity contribution in [3.8, 4) is 0 Å². The monoisotopic (exact) mass is 231 g/mol. The van der Waals surface area contributed by atoms with Gasteiger partial charge in [-0.05, 0) is 32.9 Å². The molecule has 1 atom stereocenters. The number of rotatable bonds is 9. The number of esters is 1. The molecular formula is C10H19N2O4-. The quantitative estimate of drug-likeness (QED) is 0.365. The lowest BCUT2D eigenvalue weighted by Crippen LogP contribution is -2.47. The van der Waals surface area contributed by atoms with Crippen LogP contribution in [-0.2, 0) is 14.3 Å². The van der Waals surface area contributed by atoms with E-state index in [0.717, 1.165) is 12.8 Å². The molecule has 16 heavy (non-hydrogen) atoms. The van der Waals surface area contributed by atoms with Gasteiger partial charge < -0.3 is 25.7 Å². The van der Waals surface area contributed by atoms with E-state index >= 15 is 0 Å². The first-order valence-corrected chi connectivity index (χ1v) is 5.41. The first-order chi connectivity index (χ1) is 7.61.